The van der Waals surface area contributed by atoms with Crippen molar-refractivity contribution in [3.8, 4) is 5.75 Å². The van der Waals surface area contributed by atoms with E-state index in [2.05, 4.69) is 44.8 Å². The molecule has 3 rings (SSSR count). The molecule has 1 aromatic carbocycles. The molecule has 19 heavy (non-hydrogen) atoms. The first-order valence-electron chi connectivity index (χ1n) is 7.02. The zero-order valence-electron chi connectivity index (χ0n) is 11.6. The highest BCUT2D eigenvalue weighted by Gasteiger charge is 2.34. The van der Waals surface area contributed by atoms with E-state index in [1.165, 1.54) is 31.6 Å². The van der Waals surface area contributed by atoms with E-state index >= 15 is 0 Å². The van der Waals surface area contributed by atoms with Crippen molar-refractivity contribution in [3.05, 3.63) is 22.7 Å². The Morgan fingerprint density at radius 2 is 2.11 bits per heavy atom. The fraction of sp³-hybridized carbons (Fsp3) is 0.600. The molecule has 0 bridgehead atoms. The van der Waals surface area contributed by atoms with Crippen molar-refractivity contribution in [2.75, 3.05) is 31.6 Å². The number of methoxy groups -OCH3 is 1. The van der Waals surface area contributed by atoms with Crippen LogP contribution in [0.15, 0.2) is 22.7 Å². The van der Waals surface area contributed by atoms with Crippen LogP contribution in [0.3, 0.4) is 0 Å². The predicted octanol–water partition coefficient (Wildman–Crippen LogP) is 3.13. The minimum Gasteiger partial charge on any atom is -0.497 e. The lowest BCUT2D eigenvalue weighted by atomic mass is 10.1. The van der Waals surface area contributed by atoms with Crippen molar-refractivity contribution in [1.82, 2.24) is 4.90 Å². The van der Waals surface area contributed by atoms with Crippen LogP contribution < -0.4 is 9.64 Å². The second-order valence-corrected chi connectivity index (χ2v) is 6.56. The zero-order chi connectivity index (χ0) is 13.4. The molecule has 2 aliphatic heterocycles. The average molecular weight is 325 g/mol. The normalized spacial score (nSPS) is 27.4. The molecule has 0 saturated carbocycles. The fourth-order valence-corrected chi connectivity index (χ4v) is 3.84. The Balaban J connectivity index is 1.86. The molecule has 2 saturated heterocycles. The largest absolute Gasteiger partial charge is 0.497 e. The summed E-state index contributed by atoms with van der Waals surface area (Å²) in [6.07, 6.45) is 2.70. The summed E-state index contributed by atoms with van der Waals surface area (Å²) in [7, 11) is 1.73. The fourth-order valence-electron chi connectivity index (χ4n) is 3.38. The van der Waals surface area contributed by atoms with Crippen molar-refractivity contribution in [2.45, 2.75) is 31.8 Å². The van der Waals surface area contributed by atoms with Crippen LogP contribution in [0.4, 0.5) is 5.69 Å². The molecule has 1 aromatic rings. The van der Waals surface area contributed by atoms with E-state index in [9.17, 15) is 0 Å². The Hall–Kier alpha value is -0.740. The SMILES string of the molecule is COc1cc(Br)cc(N2CC3CCCN3CC2C)c1. The minimum atomic E-state index is 0.563. The Kier molecular flexibility index (Phi) is 3.72. The number of hydrogen-bond acceptors (Lipinski definition) is 3. The van der Waals surface area contributed by atoms with Crippen molar-refractivity contribution in [3.63, 3.8) is 0 Å². The van der Waals surface area contributed by atoms with Gasteiger partial charge >= 0.3 is 0 Å². The summed E-state index contributed by atoms with van der Waals surface area (Å²) < 4.78 is 6.47. The quantitative estimate of drug-likeness (QED) is 0.831. The van der Waals surface area contributed by atoms with Crippen LogP contribution in [0, 0.1) is 0 Å². The van der Waals surface area contributed by atoms with Crippen molar-refractivity contribution >= 4 is 21.6 Å². The van der Waals surface area contributed by atoms with Gasteiger partial charge in [0, 0.05) is 41.4 Å². The molecule has 2 aliphatic rings. The van der Waals surface area contributed by atoms with Gasteiger partial charge in [-0.15, -0.1) is 0 Å². The van der Waals surface area contributed by atoms with Crippen LogP contribution in [0.5, 0.6) is 5.75 Å². The van der Waals surface area contributed by atoms with E-state index in [0.717, 1.165) is 22.8 Å². The van der Waals surface area contributed by atoms with E-state index in [0.29, 0.717) is 6.04 Å². The molecule has 2 heterocycles. The van der Waals surface area contributed by atoms with Gasteiger partial charge in [-0.2, -0.15) is 0 Å². The lowest BCUT2D eigenvalue weighted by Crippen LogP contribution is -2.55. The van der Waals surface area contributed by atoms with Gasteiger partial charge in [0.1, 0.15) is 5.75 Å². The first-order chi connectivity index (χ1) is 9.17. The lowest BCUT2D eigenvalue weighted by Gasteiger charge is -2.43. The van der Waals surface area contributed by atoms with Crippen molar-refractivity contribution in [1.29, 1.82) is 0 Å². The lowest BCUT2D eigenvalue weighted by molar-refractivity contribution is 0.203. The van der Waals surface area contributed by atoms with Gasteiger partial charge in [0.2, 0.25) is 0 Å². The van der Waals surface area contributed by atoms with E-state index in [1.807, 2.05) is 6.07 Å². The molecular formula is C15H21BrN2O. The first kappa shape index (κ1) is 13.3. The molecule has 0 spiro atoms. The molecule has 0 radical (unpaired) electrons. The molecule has 0 amide bonds. The van der Waals surface area contributed by atoms with Crippen LogP contribution >= 0.6 is 15.9 Å². The number of piperazine rings is 1. The van der Waals surface area contributed by atoms with Crippen LogP contribution in [0.1, 0.15) is 19.8 Å². The molecule has 4 heteroatoms. The smallest absolute Gasteiger partial charge is 0.122 e. The Bertz CT molecular complexity index is 465. The third-order valence-electron chi connectivity index (χ3n) is 4.36. The second kappa shape index (κ2) is 5.33. The Morgan fingerprint density at radius 1 is 1.26 bits per heavy atom. The first-order valence-corrected chi connectivity index (χ1v) is 7.82. The number of anilines is 1. The second-order valence-electron chi connectivity index (χ2n) is 5.64. The summed E-state index contributed by atoms with van der Waals surface area (Å²) in [5.74, 6) is 0.922. The third-order valence-corrected chi connectivity index (χ3v) is 4.82. The summed E-state index contributed by atoms with van der Waals surface area (Å²) in [5, 5.41) is 0. The Labute approximate surface area is 123 Å². The number of hydrogen-bond donors (Lipinski definition) is 0. The average Bonchev–Trinajstić information content (AvgIpc) is 2.84. The molecule has 3 nitrogen and oxygen atoms in total. The van der Waals surface area contributed by atoms with Crippen LogP contribution in [0.2, 0.25) is 0 Å². The van der Waals surface area contributed by atoms with Crippen LogP contribution in [-0.2, 0) is 0 Å². The molecule has 2 fully saturated rings. The molecule has 104 valence electrons. The van der Waals surface area contributed by atoms with Gasteiger partial charge in [-0.25, -0.2) is 0 Å². The highest BCUT2D eigenvalue weighted by Crippen LogP contribution is 2.32. The number of benzene rings is 1. The van der Waals surface area contributed by atoms with Gasteiger partial charge in [-0.3, -0.25) is 4.90 Å². The zero-order valence-corrected chi connectivity index (χ0v) is 13.2. The van der Waals surface area contributed by atoms with Gasteiger partial charge in [0.25, 0.3) is 0 Å². The summed E-state index contributed by atoms with van der Waals surface area (Å²) >= 11 is 3.58. The molecule has 0 N–H and O–H groups in total. The summed E-state index contributed by atoms with van der Waals surface area (Å²) in [6.45, 7) is 5.92. The number of halogens is 1. The van der Waals surface area contributed by atoms with Gasteiger partial charge in [-0.1, -0.05) is 15.9 Å². The standard InChI is InChI=1S/C15H21BrN2O/c1-11-9-17-5-3-4-13(17)10-18(11)14-6-12(16)7-15(8-14)19-2/h6-8,11,13H,3-5,9-10H2,1-2H3. The van der Waals surface area contributed by atoms with E-state index in [1.54, 1.807) is 7.11 Å². The molecule has 0 aromatic heterocycles. The molecule has 0 aliphatic carbocycles. The number of ether oxygens (including phenoxy) is 1. The van der Waals surface area contributed by atoms with E-state index in [-0.39, 0.29) is 0 Å². The van der Waals surface area contributed by atoms with Crippen molar-refractivity contribution < 1.29 is 4.74 Å². The molecular weight excluding hydrogens is 304 g/mol. The minimum absolute atomic E-state index is 0.563. The maximum Gasteiger partial charge on any atom is 0.122 e. The van der Waals surface area contributed by atoms with Crippen LogP contribution in [-0.4, -0.2) is 43.7 Å². The van der Waals surface area contributed by atoms with E-state index in [4.69, 9.17) is 4.74 Å². The predicted molar refractivity (Wildman–Crippen MR) is 82.1 cm³/mol. The van der Waals surface area contributed by atoms with Crippen LogP contribution in [0.25, 0.3) is 0 Å². The maximum absolute atomic E-state index is 5.38. The topological polar surface area (TPSA) is 15.7 Å². The Morgan fingerprint density at radius 3 is 2.89 bits per heavy atom. The van der Waals surface area contributed by atoms with Gasteiger partial charge in [-0.05, 0) is 38.4 Å². The van der Waals surface area contributed by atoms with Gasteiger partial charge < -0.3 is 9.64 Å². The van der Waals surface area contributed by atoms with E-state index < -0.39 is 0 Å². The monoisotopic (exact) mass is 324 g/mol. The number of fused-ring (bicyclic) bond motifs is 1. The van der Waals surface area contributed by atoms with Gasteiger partial charge in [0.05, 0.1) is 7.11 Å². The summed E-state index contributed by atoms with van der Waals surface area (Å²) in [6, 6.07) is 7.66. The summed E-state index contributed by atoms with van der Waals surface area (Å²) in [5.41, 5.74) is 1.27. The molecule has 2 atom stereocenters. The third kappa shape index (κ3) is 2.61. The highest BCUT2D eigenvalue weighted by molar-refractivity contribution is 9.10. The number of rotatable bonds is 2. The highest BCUT2D eigenvalue weighted by atomic mass is 79.9. The molecule has 2 unspecified atom stereocenters. The maximum atomic E-state index is 5.38. The van der Waals surface area contributed by atoms with Gasteiger partial charge in [0.15, 0.2) is 0 Å². The van der Waals surface area contributed by atoms with Crippen molar-refractivity contribution in [2.24, 2.45) is 0 Å². The number of nitrogens with zero attached hydrogens (tertiary/aromatic N) is 2. The summed E-state index contributed by atoms with van der Waals surface area (Å²) in [4.78, 5) is 5.18.